The Morgan fingerprint density at radius 2 is 1.56 bits per heavy atom. The highest BCUT2D eigenvalue weighted by atomic mass is 35.5. The van der Waals surface area contributed by atoms with Crippen LogP contribution in [0.3, 0.4) is 0 Å². The molecule has 2 aromatic rings. The predicted molar refractivity (Wildman–Crippen MR) is 164 cm³/mol. The molecular formula is C31H39Cl2N3O4S. The van der Waals surface area contributed by atoms with Crippen molar-refractivity contribution in [1.29, 1.82) is 0 Å². The van der Waals surface area contributed by atoms with Crippen LogP contribution in [0, 0.1) is 17.8 Å². The summed E-state index contributed by atoms with van der Waals surface area (Å²) in [6, 6.07) is 12.0. The van der Waals surface area contributed by atoms with Crippen molar-refractivity contribution in [3.8, 4) is 0 Å². The molecule has 6 rings (SSSR count). The first-order chi connectivity index (χ1) is 19.4. The van der Waals surface area contributed by atoms with E-state index in [0.29, 0.717) is 27.8 Å². The Bertz CT molecular complexity index is 1380. The van der Waals surface area contributed by atoms with Gasteiger partial charge in [0.1, 0.15) is 12.6 Å². The molecule has 0 unspecified atom stereocenters. The Morgan fingerprint density at radius 1 is 0.976 bits per heavy atom. The average molecular weight is 621 g/mol. The second kappa shape index (κ2) is 11.8. The molecule has 2 aromatic carbocycles. The van der Waals surface area contributed by atoms with Crippen LogP contribution in [-0.4, -0.2) is 50.5 Å². The van der Waals surface area contributed by atoms with Gasteiger partial charge in [-0.3, -0.25) is 13.9 Å². The van der Waals surface area contributed by atoms with E-state index in [-0.39, 0.29) is 17.9 Å². The van der Waals surface area contributed by atoms with Gasteiger partial charge in [0.2, 0.25) is 21.8 Å². The number of benzene rings is 2. The van der Waals surface area contributed by atoms with Crippen molar-refractivity contribution < 1.29 is 18.0 Å². The SMILES string of the molecule is CCNC(=O)[C@H](C)N(Cc1ccc(Cl)c(Cl)c1)C(=O)CN(c1ccc(C23CC4CC(CC(C4)C2)C3)cc1)S(C)(=O)=O. The fourth-order valence-electron chi connectivity index (χ4n) is 7.80. The highest BCUT2D eigenvalue weighted by Crippen LogP contribution is 2.60. The third-order valence-corrected chi connectivity index (χ3v) is 11.2. The number of carbonyl (C=O) groups is 2. The first kappa shape index (κ1) is 30.2. The van der Waals surface area contributed by atoms with Crippen LogP contribution in [0.4, 0.5) is 5.69 Å². The maximum atomic E-state index is 13.8. The van der Waals surface area contributed by atoms with Crippen molar-refractivity contribution in [2.75, 3.05) is 23.7 Å². The van der Waals surface area contributed by atoms with Crippen LogP contribution in [0.5, 0.6) is 0 Å². The van der Waals surface area contributed by atoms with Gasteiger partial charge in [-0.1, -0.05) is 41.4 Å². The fraction of sp³-hybridized carbons (Fsp3) is 0.548. The van der Waals surface area contributed by atoms with E-state index in [0.717, 1.165) is 28.3 Å². The fourth-order valence-corrected chi connectivity index (χ4v) is 8.97. The molecule has 0 radical (unpaired) electrons. The van der Waals surface area contributed by atoms with E-state index in [2.05, 4.69) is 17.4 Å². The number of halogens is 2. The largest absolute Gasteiger partial charge is 0.355 e. The summed E-state index contributed by atoms with van der Waals surface area (Å²) >= 11 is 12.3. The van der Waals surface area contributed by atoms with Crippen molar-refractivity contribution in [3.63, 3.8) is 0 Å². The summed E-state index contributed by atoms with van der Waals surface area (Å²) in [5.41, 5.74) is 2.59. The van der Waals surface area contributed by atoms with E-state index in [1.54, 1.807) is 32.0 Å². The van der Waals surface area contributed by atoms with Crippen LogP contribution in [0.2, 0.25) is 10.0 Å². The minimum absolute atomic E-state index is 0.0661. The van der Waals surface area contributed by atoms with Crippen LogP contribution in [0.1, 0.15) is 63.5 Å². The molecule has 0 saturated heterocycles. The summed E-state index contributed by atoms with van der Waals surface area (Å²) < 4.78 is 27.1. The summed E-state index contributed by atoms with van der Waals surface area (Å²) in [5, 5.41) is 3.46. The van der Waals surface area contributed by atoms with Crippen molar-refractivity contribution in [2.24, 2.45) is 17.8 Å². The molecule has 0 heterocycles. The third-order valence-electron chi connectivity index (χ3n) is 9.34. The Hall–Kier alpha value is -2.29. The molecule has 41 heavy (non-hydrogen) atoms. The molecule has 10 heteroatoms. The Morgan fingerprint density at radius 3 is 2.07 bits per heavy atom. The van der Waals surface area contributed by atoms with Crippen LogP contribution in [0.15, 0.2) is 42.5 Å². The Labute approximate surface area is 253 Å². The first-order valence-corrected chi connectivity index (χ1v) is 17.1. The maximum Gasteiger partial charge on any atom is 0.244 e. The lowest BCUT2D eigenvalue weighted by atomic mass is 9.48. The van der Waals surface area contributed by atoms with E-state index < -0.39 is 28.5 Å². The van der Waals surface area contributed by atoms with Gasteiger partial charge in [0.05, 0.1) is 22.0 Å². The van der Waals surface area contributed by atoms with Crippen molar-refractivity contribution in [1.82, 2.24) is 10.2 Å². The lowest BCUT2D eigenvalue weighted by molar-refractivity contribution is -0.139. The van der Waals surface area contributed by atoms with Crippen molar-refractivity contribution in [2.45, 2.75) is 70.4 Å². The van der Waals surface area contributed by atoms with Crippen LogP contribution >= 0.6 is 23.2 Å². The summed E-state index contributed by atoms with van der Waals surface area (Å²) in [6.07, 6.45) is 8.82. The molecular weight excluding hydrogens is 581 g/mol. The lowest BCUT2D eigenvalue weighted by Crippen LogP contribution is -2.51. The Kier molecular flexibility index (Phi) is 8.66. The molecule has 4 fully saturated rings. The number of likely N-dealkylation sites (N-methyl/N-ethyl adjacent to an activating group) is 1. The molecule has 7 nitrogen and oxygen atoms in total. The zero-order valence-corrected chi connectivity index (χ0v) is 26.2. The molecule has 2 amide bonds. The van der Waals surface area contributed by atoms with Crippen LogP contribution in [-0.2, 0) is 31.6 Å². The number of nitrogens with zero attached hydrogens (tertiary/aromatic N) is 2. The number of hydrogen-bond acceptors (Lipinski definition) is 4. The van der Waals surface area contributed by atoms with Gasteiger partial charge in [0.15, 0.2) is 0 Å². The highest BCUT2D eigenvalue weighted by molar-refractivity contribution is 7.92. The van der Waals surface area contributed by atoms with Gasteiger partial charge in [0, 0.05) is 13.1 Å². The van der Waals surface area contributed by atoms with E-state index >= 15 is 0 Å². The van der Waals surface area contributed by atoms with E-state index in [1.807, 2.05) is 12.1 Å². The molecule has 4 bridgehead atoms. The molecule has 0 aliphatic heterocycles. The summed E-state index contributed by atoms with van der Waals surface area (Å²) in [6.45, 7) is 3.47. The molecule has 1 atom stereocenters. The number of hydrogen-bond donors (Lipinski definition) is 1. The summed E-state index contributed by atoms with van der Waals surface area (Å²) in [5.74, 6) is 1.59. The van der Waals surface area contributed by atoms with Gasteiger partial charge in [-0.25, -0.2) is 8.42 Å². The predicted octanol–water partition coefficient (Wildman–Crippen LogP) is 5.78. The zero-order chi connectivity index (χ0) is 29.5. The van der Waals surface area contributed by atoms with Crippen LogP contribution in [0.25, 0.3) is 0 Å². The molecule has 0 aromatic heterocycles. The van der Waals surface area contributed by atoms with Gasteiger partial charge in [-0.15, -0.1) is 0 Å². The monoisotopic (exact) mass is 619 g/mol. The van der Waals surface area contributed by atoms with Gasteiger partial charge >= 0.3 is 0 Å². The number of carbonyl (C=O) groups excluding carboxylic acids is 2. The van der Waals surface area contributed by atoms with Gasteiger partial charge in [-0.2, -0.15) is 0 Å². The topological polar surface area (TPSA) is 86.8 Å². The first-order valence-electron chi connectivity index (χ1n) is 14.5. The normalized spacial score (nSPS) is 25.5. The lowest BCUT2D eigenvalue weighted by Gasteiger charge is -2.57. The number of rotatable bonds is 10. The van der Waals surface area contributed by atoms with Crippen LogP contribution < -0.4 is 9.62 Å². The molecule has 4 saturated carbocycles. The molecule has 0 spiro atoms. The minimum atomic E-state index is -3.80. The number of anilines is 1. The van der Waals surface area contributed by atoms with Gasteiger partial charge in [0.25, 0.3) is 0 Å². The maximum absolute atomic E-state index is 13.8. The summed E-state index contributed by atoms with van der Waals surface area (Å²) in [7, 11) is -3.80. The second-order valence-corrected chi connectivity index (χ2v) is 15.1. The Balaban J connectivity index is 1.39. The molecule has 222 valence electrons. The van der Waals surface area contributed by atoms with Crippen molar-refractivity contribution in [3.05, 3.63) is 63.6 Å². The van der Waals surface area contributed by atoms with Gasteiger partial charge in [-0.05, 0) is 111 Å². The molecule has 1 N–H and O–H groups in total. The van der Waals surface area contributed by atoms with E-state index in [1.165, 1.54) is 49.0 Å². The zero-order valence-electron chi connectivity index (χ0n) is 23.9. The second-order valence-electron chi connectivity index (χ2n) is 12.4. The molecule has 4 aliphatic carbocycles. The number of sulfonamides is 1. The standard InChI is InChI=1S/C31H39Cl2N3O4S/c1-4-34-30(38)20(2)35(18-21-5-10-27(32)28(33)14-21)29(37)19-36(41(3,39)40)26-8-6-25(7-9-26)31-15-22-11-23(16-31)13-24(12-22)17-31/h5-10,14,20,22-24H,4,11-13,15-19H2,1-3H3,(H,34,38)/t20-,22?,23?,24?,31?/m0/s1. The minimum Gasteiger partial charge on any atom is -0.355 e. The van der Waals surface area contributed by atoms with E-state index in [4.69, 9.17) is 23.2 Å². The average Bonchev–Trinajstić information content (AvgIpc) is 2.90. The number of amides is 2. The number of nitrogens with one attached hydrogen (secondary N) is 1. The van der Waals surface area contributed by atoms with E-state index in [9.17, 15) is 18.0 Å². The third kappa shape index (κ3) is 6.40. The molecule has 4 aliphatic rings. The smallest absolute Gasteiger partial charge is 0.244 e. The quantitative estimate of drug-likeness (QED) is 0.365. The van der Waals surface area contributed by atoms with Crippen molar-refractivity contribution >= 4 is 50.7 Å². The summed E-state index contributed by atoms with van der Waals surface area (Å²) in [4.78, 5) is 27.9. The highest BCUT2D eigenvalue weighted by Gasteiger charge is 2.51. The van der Waals surface area contributed by atoms with Gasteiger partial charge < -0.3 is 10.2 Å².